The lowest BCUT2D eigenvalue weighted by Gasteiger charge is -2.10. The molecule has 0 aliphatic heterocycles. The normalized spacial score (nSPS) is 11.0. The summed E-state index contributed by atoms with van der Waals surface area (Å²) in [6, 6.07) is 0. The van der Waals surface area contributed by atoms with Gasteiger partial charge in [-0.25, -0.2) is 0 Å². The predicted octanol–water partition coefficient (Wildman–Crippen LogP) is 5.22. The van der Waals surface area contributed by atoms with Crippen LogP contribution in [0.25, 0.3) is 0 Å². The lowest BCUT2D eigenvalue weighted by atomic mass is 9.95. The minimum absolute atomic E-state index is 0.529. The molecule has 0 radical (unpaired) electrons. The molecule has 0 aliphatic carbocycles. The lowest BCUT2D eigenvalue weighted by Crippen LogP contribution is -2.04. The van der Waals surface area contributed by atoms with E-state index in [9.17, 15) is 0 Å². The average molecular weight is 231 g/mol. The molecule has 0 saturated heterocycles. The van der Waals surface area contributed by atoms with Crippen LogP contribution in [0.15, 0.2) is 47.1 Å². The van der Waals surface area contributed by atoms with Crippen LogP contribution >= 0.6 is 0 Å². The van der Waals surface area contributed by atoms with Crippen molar-refractivity contribution in [3.8, 4) is 0 Å². The highest BCUT2D eigenvalue weighted by molar-refractivity contribution is 6.12. The fourth-order valence-corrected chi connectivity index (χ4v) is 1.31. The molecule has 0 unspecified atom stereocenters. The van der Waals surface area contributed by atoms with Gasteiger partial charge in [0.15, 0.2) is 0 Å². The first kappa shape index (κ1) is 15.6. The average Bonchev–Trinajstić information content (AvgIpc) is 2.27. The van der Waals surface area contributed by atoms with E-state index in [-0.39, 0.29) is 0 Å². The van der Waals surface area contributed by atoms with Crippen LogP contribution in [-0.4, -0.2) is 5.71 Å². The van der Waals surface area contributed by atoms with E-state index in [1.54, 1.807) is 0 Å². The van der Waals surface area contributed by atoms with Gasteiger partial charge in [-0.05, 0) is 57.3 Å². The Bertz CT molecular complexity index is 388. The second kappa shape index (κ2) is 7.05. The third-order valence-electron chi connectivity index (χ3n) is 3.03. The number of rotatable bonds is 6. The zero-order valence-electron chi connectivity index (χ0n) is 11.9. The molecule has 0 amide bonds. The van der Waals surface area contributed by atoms with Crippen LogP contribution in [0.5, 0.6) is 0 Å². The molecule has 1 heteroatoms. The molecule has 0 heterocycles. The fraction of sp³-hybridized carbons (Fsp3) is 0.438. The van der Waals surface area contributed by atoms with Gasteiger partial charge in [-0.1, -0.05) is 37.3 Å². The van der Waals surface area contributed by atoms with E-state index in [0.717, 1.165) is 29.6 Å². The highest BCUT2D eigenvalue weighted by Crippen LogP contribution is 2.17. The van der Waals surface area contributed by atoms with Crippen molar-refractivity contribution in [2.45, 2.75) is 47.5 Å². The Kier molecular flexibility index (Phi) is 6.48. The van der Waals surface area contributed by atoms with E-state index in [0.29, 0.717) is 5.71 Å². The molecule has 0 aliphatic rings. The molecule has 17 heavy (non-hydrogen) atoms. The first-order valence-electron chi connectivity index (χ1n) is 6.07. The molecular formula is C16H25N. The third kappa shape index (κ3) is 4.99. The van der Waals surface area contributed by atoms with E-state index in [1.165, 1.54) is 11.1 Å². The Balaban J connectivity index is 4.92. The highest BCUT2D eigenvalue weighted by atomic mass is 14.4. The van der Waals surface area contributed by atoms with Crippen LogP contribution in [-0.2, 0) is 0 Å². The van der Waals surface area contributed by atoms with Crippen molar-refractivity contribution in [2.75, 3.05) is 0 Å². The van der Waals surface area contributed by atoms with E-state index in [2.05, 4.69) is 46.9 Å². The number of hydrogen-bond acceptors (Lipinski definition) is 1. The van der Waals surface area contributed by atoms with E-state index in [1.807, 2.05) is 6.92 Å². The van der Waals surface area contributed by atoms with Crippen LogP contribution < -0.4 is 0 Å². The van der Waals surface area contributed by atoms with Crippen molar-refractivity contribution in [3.05, 3.63) is 47.1 Å². The van der Waals surface area contributed by atoms with E-state index >= 15 is 0 Å². The maximum Gasteiger partial charge on any atom is 0.0637 e. The van der Waals surface area contributed by atoms with Gasteiger partial charge in [-0.15, -0.1) is 0 Å². The second-order valence-electron chi connectivity index (χ2n) is 4.70. The largest absolute Gasteiger partial charge is 0.300 e. The minimum Gasteiger partial charge on any atom is -0.300 e. The molecule has 94 valence electrons. The molecule has 1 N–H and O–H groups in total. The first-order valence-corrected chi connectivity index (χ1v) is 6.07. The van der Waals surface area contributed by atoms with Crippen molar-refractivity contribution in [3.63, 3.8) is 0 Å². The summed E-state index contributed by atoms with van der Waals surface area (Å²) in [5.74, 6) is 0. The summed E-state index contributed by atoms with van der Waals surface area (Å²) in [6.07, 6.45) is 3.91. The SMILES string of the molecule is C=C(C)C(=C)C(=N)/C(=C/CC(C)=C(C)C)CC. The zero-order chi connectivity index (χ0) is 13.6. The van der Waals surface area contributed by atoms with Gasteiger partial charge in [0.05, 0.1) is 5.71 Å². The van der Waals surface area contributed by atoms with Gasteiger partial charge < -0.3 is 5.41 Å². The zero-order valence-corrected chi connectivity index (χ0v) is 11.9. The van der Waals surface area contributed by atoms with Crippen LogP contribution in [0.4, 0.5) is 0 Å². The third-order valence-corrected chi connectivity index (χ3v) is 3.03. The summed E-state index contributed by atoms with van der Waals surface area (Å²) >= 11 is 0. The predicted molar refractivity (Wildman–Crippen MR) is 78.7 cm³/mol. The molecular weight excluding hydrogens is 206 g/mol. The molecule has 1 nitrogen and oxygen atoms in total. The monoisotopic (exact) mass is 231 g/mol. The van der Waals surface area contributed by atoms with Crippen molar-refractivity contribution >= 4 is 5.71 Å². The molecule has 0 saturated carbocycles. The van der Waals surface area contributed by atoms with E-state index in [4.69, 9.17) is 5.41 Å². The van der Waals surface area contributed by atoms with Crippen LogP contribution in [0, 0.1) is 5.41 Å². The molecule has 0 rings (SSSR count). The van der Waals surface area contributed by atoms with Gasteiger partial charge in [0.2, 0.25) is 0 Å². The Morgan fingerprint density at radius 2 is 1.65 bits per heavy atom. The smallest absolute Gasteiger partial charge is 0.0637 e. The van der Waals surface area contributed by atoms with Crippen molar-refractivity contribution < 1.29 is 0 Å². The Morgan fingerprint density at radius 3 is 2.00 bits per heavy atom. The first-order chi connectivity index (χ1) is 7.81. The molecule has 0 atom stereocenters. The number of nitrogens with one attached hydrogen (secondary N) is 1. The highest BCUT2D eigenvalue weighted by Gasteiger charge is 2.07. The van der Waals surface area contributed by atoms with Gasteiger partial charge in [0.25, 0.3) is 0 Å². The molecule has 0 fully saturated rings. The minimum atomic E-state index is 0.529. The summed E-state index contributed by atoms with van der Waals surface area (Å²) in [7, 11) is 0. The molecule has 0 aromatic heterocycles. The molecule has 0 aromatic rings. The van der Waals surface area contributed by atoms with Gasteiger partial charge >= 0.3 is 0 Å². The Labute approximate surface area is 106 Å². The van der Waals surface area contributed by atoms with Gasteiger partial charge in [0, 0.05) is 0 Å². The Hall–Kier alpha value is -1.37. The van der Waals surface area contributed by atoms with Crippen LogP contribution in [0.2, 0.25) is 0 Å². The van der Waals surface area contributed by atoms with Crippen LogP contribution in [0.3, 0.4) is 0 Å². The summed E-state index contributed by atoms with van der Waals surface area (Å²) in [5, 5.41) is 8.09. The molecule has 0 spiro atoms. The number of allylic oxidation sites excluding steroid dienone is 6. The summed E-state index contributed by atoms with van der Waals surface area (Å²) in [5.41, 5.74) is 5.91. The maximum atomic E-state index is 8.09. The van der Waals surface area contributed by atoms with Crippen molar-refractivity contribution in [2.24, 2.45) is 0 Å². The lowest BCUT2D eigenvalue weighted by molar-refractivity contribution is 1.08. The molecule has 0 aromatic carbocycles. The topological polar surface area (TPSA) is 23.9 Å². The fourth-order valence-electron chi connectivity index (χ4n) is 1.31. The summed E-state index contributed by atoms with van der Waals surface area (Å²) < 4.78 is 0. The van der Waals surface area contributed by atoms with E-state index < -0.39 is 0 Å². The van der Waals surface area contributed by atoms with Crippen LogP contribution in [0.1, 0.15) is 47.5 Å². The maximum absolute atomic E-state index is 8.09. The number of hydrogen-bond donors (Lipinski definition) is 1. The summed E-state index contributed by atoms with van der Waals surface area (Å²) in [4.78, 5) is 0. The summed E-state index contributed by atoms with van der Waals surface area (Å²) in [6.45, 7) is 18.1. The Morgan fingerprint density at radius 1 is 1.12 bits per heavy atom. The van der Waals surface area contributed by atoms with Crippen molar-refractivity contribution in [1.29, 1.82) is 5.41 Å². The molecule has 0 bridgehead atoms. The quantitative estimate of drug-likeness (QED) is 0.368. The van der Waals surface area contributed by atoms with Gasteiger partial charge in [-0.2, -0.15) is 0 Å². The van der Waals surface area contributed by atoms with Gasteiger partial charge in [0.1, 0.15) is 0 Å². The van der Waals surface area contributed by atoms with Gasteiger partial charge in [-0.3, -0.25) is 0 Å². The second-order valence-corrected chi connectivity index (χ2v) is 4.70. The van der Waals surface area contributed by atoms with Crippen molar-refractivity contribution in [1.82, 2.24) is 0 Å². The standard InChI is InChI=1S/C16H25N/c1-8-15(10-9-13(6)11(2)3)16(17)14(7)12(4)5/h10,17H,4,7-9H2,1-3,5-6H3/b15-10+,17-16?.